The number of halogens is 1. The smallest absolute Gasteiger partial charge is 0.272 e. The van der Waals surface area contributed by atoms with Gasteiger partial charge in [-0.2, -0.15) is 0 Å². The van der Waals surface area contributed by atoms with Crippen molar-refractivity contribution in [3.8, 4) is 5.75 Å². The Morgan fingerprint density at radius 3 is 2.30 bits per heavy atom. The van der Waals surface area contributed by atoms with Gasteiger partial charge >= 0.3 is 0 Å². The lowest BCUT2D eigenvalue weighted by Crippen LogP contribution is -2.43. The minimum absolute atomic E-state index is 0.168. The van der Waals surface area contributed by atoms with Crippen LogP contribution in [0.3, 0.4) is 0 Å². The van der Waals surface area contributed by atoms with Gasteiger partial charge in [-0.1, -0.05) is 17.7 Å². The van der Waals surface area contributed by atoms with Crippen molar-refractivity contribution in [3.63, 3.8) is 0 Å². The molecule has 0 bridgehead atoms. The van der Waals surface area contributed by atoms with Crippen LogP contribution >= 0.6 is 0 Å². The van der Waals surface area contributed by atoms with Crippen molar-refractivity contribution in [2.24, 2.45) is 0 Å². The summed E-state index contributed by atoms with van der Waals surface area (Å²) in [6, 6.07) is 11.2. The van der Waals surface area contributed by atoms with Crippen molar-refractivity contribution >= 4 is 15.9 Å². The van der Waals surface area contributed by atoms with E-state index in [4.69, 9.17) is 4.74 Å². The van der Waals surface area contributed by atoms with Crippen LogP contribution < -0.4 is 15.0 Å². The Hall–Kier alpha value is -2.45. The minimum atomic E-state index is -3.96. The first-order valence-corrected chi connectivity index (χ1v) is 8.11. The fourth-order valence-corrected chi connectivity index (χ4v) is 2.48. The average Bonchev–Trinajstić information content (AvgIpc) is 2.53. The topological polar surface area (TPSA) is 84.5 Å². The molecule has 6 nitrogen and oxygen atoms in total. The van der Waals surface area contributed by atoms with E-state index in [0.717, 1.165) is 29.8 Å². The number of amides is 1. The molecule has 0 aliphatic rings. The highest BCUT2D eigenvalue weighted by atomic mass is 32.2. The monoisotopic (exact) mass is 338 g/mol. The van der Waals surface area contributed by atoms with Gasteiger partial charge in [-0.25, -0.2) is 12.8 Å². The maximum atomic E-state index is 12.8. The number of benzene rings is 2. The molecule has 2 N–H and O–H groups in total. The first-order valence-electron chi connectivity index (χ1n) is 6.62. The SMILES string of the molecule is Cc1ccc(OCC(=O)NNS(=O)(=O)c2ccc(F)cc2)cc1. The van der Waals surface area contributed by atoms with Crippen molar-refractivity contribution in [1.82, 2.24) is 10.3 Å². The number of carbonyl (C=O) groups is 1. The summed E-state index contributed by atoms with van der Waals surface area (Å²) in [5.41, 5.74) is 3.07. The first-order chi connectivity index (χ1) is 10.9. The fraction of sp³-hybridized carbons (Fsp3) is 0.133. The third kappa shape index (κ3) is 5.04. The summed E-state index contributed by atoms with van der Waals surface area (Å²) in [5.74, 6) is -0.733. The van der Waals surface area contributed by atoms with Gasteiger partial charge in [0.05, 0.1) is 4.90 Å². The molecule has 2 rings (SSSR count). The Balaban J connectivity index is 1.86. The molecule has 23 heavy (non-hydrogen) atoms. The number of ether oxygens (including phenoxy) is 1. The highest BCUT2D eigenvalue weighted by molar-refractivity contribution is 7.89. The van der Waals surface area contributed by atoms with Gasteiger partial charge in [0, 0.05) is 0 Å². The van der Waals surface area contributed by atoms with Crippen LogP contribution in [0.15, 0.2) is 53.4 Å². The molecule has 2 aromatic carbocycles. The molecule has 0 heterocycles. The van der Waals surface area contributed by atoms with E-state index in [2.05, 4.69) is 0 Å². The number of nitrogens with one attached hydrogen (secondary N) is 2. The molecule has 2 aromatic rings. The van der Waals surface area contributed by atoms with Gasteiger partial charge in [-0.15, -0.1) is 4.83 Å². The van der Waals surface area contributed by atoms with Gasteiger partial charge in [-0.3, -0.25) is 10.2 Å². The molecule has 0 saturated heterocycles. The second kappa shape index (κ2) is 7.21. The summed E-state index contributed by atoms with van der Waals surface area (Å²) in [6.07, 6.45) is 0. The summed E-state index contributed by atoms with van der Waals surface area (Å²) in [6.45, 7) is 1.57. The van der Waals surface area contributed by atoms with Crippen molar-refractivity contribution in [1.29, 1.82) is 0 Å². The summed E-state index contributed by atoms with van der Waals surface area (Å²) in [7, 11) is -3.96. The first kappa shape index (κ1) is 16.9. The average molecular weight is 338 g/mol. The van der Waals surface area contributed by atoms with Gasteiger partial charge in [0.2, 0.25) is 0 Å². The molecule has 0 unspecified atom stereocenters. The third-order valence-corrected chi connectivity index (χ3v) is 4.10. The largest absolute Gasteiger partial charge is 0.484 e. The van der Waals surface area contributed by atoms with E-state index in [9.17, 15) is 17.6 Å². The lowest BCUT2D eigenvalue weighted by atomic mass is 10.2. The summed E-state index contributed by atoms with van der Waals surface area (Å²) in [5, 5.41) is 0. The number of aryl methyl sites for hydroxylation is 1. The van der Waals surface area contributed by atoms with Crippen LogP contribution in [0.1, 0.15) is 5.56 Å². The molecule has 1 amide bonds. The fourth-order valence-electron chi connectivity index (χ4n) is 1.62. The normalized spacial score (nSPS) is 11.0. The zero-order chi connectivity index (χ0) is 16.9. The second-order valence-electron chi connectivity index (χ2n) is 4.71. The van der Waals surface area contributed by atoms with E-state index < -0.39 is 21.7 Å². The second-order valence-corrected chi connectivity index (χ2v) is 6.39. The summed E-state index contributed by atoms with van der Waals surface area (Å²) < 4.78 is 41.7. The van der Waals surface area contributed by atoms with Gasteiger partial charge in [-0.05, 0) is 43.3 Å². The number of hydrogen-bond donors (Lipinski definition) is 2. The molecule has 0 aliphatic heterocycles. The number of carbonyl (C=O) groups excluding carboxylic acids is 1. The van der Waals surface area contributed by atoms with E-state index >= 15 is 0 Å². The Labute approximate surface area is 133 Å². The number of hydrogen-bond acceptors (Lipinski definition) is 4. The van der Waals surface area contributed by atoms with Gasteiger partial charge in [0.25, 0.3) is 15.9 Å². The maximum Gasteiger partial charge on any atom is 0.272 e. The Bertz CT molecular complexity index is 774. The lowest BCUT2D eigenvalue weighted by Gasteiger charge is -2.09. The zero-order valence-corrected chi connectivity index (χ0v) is 13.1. The molecule has 0 spiro atoms. The standard InChI is InChI=1S/C15H15FN2O4S/c1-11-2-6-13(7-3-11)22-10-15(19)17-18-23(20,21)14-8-4-12(16)5-9-14/h2-9,18H,10H2,1H3,(H,17,19). The zero-order valence-electron chi connectivity index (χ0n) is 12.2. The van der Waals surface area contributed by atoms with E-state index in [-0.39, 0.29) is 11.5 Å². The molecule has 122 valence electrons. The minimum Gasteiger partial charge on any atom is -0.484 e. The van der Waals surface area contributed by atoms with E-state index in [1.807, 2.05) is 29.3 Å². The van der Waals surface area contributed by atoms with Crippen molar-refractivity contribution < 1.29 is 22.3 Å². The Morgan fingerprint density at radius 1 is 1.09 bits per heavy atom. The van der Waals surface area contributed by atoms with Crippen LogP contribution in [0.2, 0.25) is 0 Å². The van der Waals surface area contributed by atoms with Crippen LogP contribution in [0.5, 0.6) is 5.75 Å². The maximum absolute atomic E-state index is 12.8. The van der Waals surface area contributed by atoms with Crippen LogP contribution in [0.4, 0.5) is 4.39 Å². The molecule has 0 aliphatic carbocycles. The van der Waals surface area contributed by atoms with Crippen LogP contribution in [-0.4, -0.2) is 20.9 Å². The third-order valence-electron chi connectivity index (χ3n) is 2.84. The molecule has 0 aromatic heterocycles. The quantitative estimate of drug-likeness (QED) is 0.782. The summed E-state index contributed by atoms with van der Waals surface area (Å²) in [4.78, 5) is 13.3. The molecule has 0 atom stereocenters. The molecule has 0 saturated carbocycles. The highest BCUT2D eigenvalue weighted by Crippen LogP contribution is 2.11. The van der Waals surface area contributed by atoms with Crippen LogP contribution in [-0.2, 0) is 14.8 Å². The predicted octanol–water partition coefficient (Wildman–Crippen LogP) is 1.52. The molecule has 0 radical (unpaired) electrons. The van der Waals surface area contributed by atoms with Crippen molar-refractivity contribution in [3.05, 3.63) is 59.9 Å². The lowest BCUT2D eigenvalue weighted by molar-refractivity contribution is -0.123. The Morgan fingerprint density at radius 2 is 1.70 bits per heavy atom. The number of rotatable bonds is 6. The van der Waals surface area contributed by atoms with Crippen LogP contribution in [0.25, 0.3) is 0 Å². The molecule has 8 heteroatoms. The van der Waals surface area contributed by atoms with Crippen molar-refractivity contribution in [2.75, 3.05) is 6.61 Å². The molecular formula is C15H15FN2O4S. The Kier molecular flexibility index (Phi) is 5.30. The van der Waals surface area contributed by atoms with E-state index in [1.165, 1.54) is 0 Å². The molecular weight excluding hydrogens is 323 g/mol. The van der Waals surface area contributed by atoms with E-state index in [0.29, 0.717) is 5.75 Å². The van der Waals surface area contributed by atoms with Gasteiger partial charge < -0.3 is 4.74 Å². The van der Waals surface area contributed by atoms with Crippen molar-refractivity contribution in [2.45, 2.75) is 11.8 Å². The van der Waals surface area contributed by atoms with Crippen LogP contribution in [0, 0.1) is 12.7 Å². The van der Waals surface area contributed by atoms with E-state index in [1.54, 1.807) is 12.1 Å². The summed E-state index contributed by atoms with van der Waals surface area (Å²) >= 11 is 0. The predicted molar refractivity (Wildman–Crippen MR) is 81.5 cm³/mol. The highest BCUT2D eigenvalue weighted by Gasteiger charge is 2.15. The van der Waals surface area contributed by atoms with Gasteiger partial charge in [0.15, 0.2) is 6.61 Å². The number of sulfonamides is 1. The number of hydrazine groups is 1. The molecule has 0 fully saturated rings. The van der Waals surface area contributed by atoms with Gasteiger partial charge in [0.1, 0.15) is 11.6 Å².